The zero-order valence-electron chi connectivity index (χ0n) is 16.3. The van der Waals surface area contributed by atoms with Crippen LogP contribution in [0.15, 0.2) is 84.9 Å². The largest absolute Gasteiger partial charge is 0.260 e. The van der Waals surface area contributed by atoms with Gasteiger partial charge in [-0.15, -0.1) is 0 Å². The molecular weight excluding hydrogens is 340 g/mol. The number of benzene rings is 4. The Hall–Kier alpha value is -3.13. The molecule has 28 heavy (non-hydrogen) atoms. The molecule has 0 fully saturated rings. The minimum absolute atomic E-state index is 0.364. The zero-order valence-corrected chi connectivity index (χ0v) is 16.3. The molecule has 2 heteroatoms. The van der Waals surface area contributed by atoms with Gasteiger partial charge in [0.2, 0.25) is 6.34 Å². The normalized spacial score (nSPS) is 15.2. The summed E-state index contributed by atoms with van der Waals surface area (Å²) < 4.78 is 2.45. The van der Waals surface area contributed by atoms with Gasteiger partial charge in [-0.2, -0.15) is 0 Å². The molecule has 0 aromatic heterocycles. The maximum Gasteiger partial charge on any atom is 0.235 e. The van der Waals surface area contributed by atoms with Gasteiger partial charge < -0.3 is 0 Å². The van der Waals surface area contributed by atoms with E-state index in [4.69, 9.17) is 0 Å². The van der Waals surface area contributed by atoms with Crippen LogP contribution in [0.3, 0.4) is 0 Å². The molecule has 138 valence electrons. The van der Waals surface area contributed by atoms with Gasteiger partial charge in [-0.25, -0.2) is 0 Å². The first kappa shape index (κ1) is 17.0. The van der Waals surface area contributed by atoms with Crippen LogP contribution in [-0.2, 0) is 6.54 Å². The second-order valence-corrected chi connectivity index (χ2v) is 7.71. The molecule has 0 spiro atoms. The minimum Gasteiger partial charge on any atom is -0.260 e. The third kappa shape index (κ3) is 3.05. The Bertz CT molecular complexity index is 1160. The quantitative estimate of drug-likeness (QED) is 0.426. The van der Waals surface area contributed by atoms with Crippen LogP contribution in [0.1, 0.15) is 24.1 Å². The number of hydrogen-bond acceptors (Lipinski definition) is 1. The molecule has 4 aromatic rings. The summed E-state index contributed by atoms with van der Waals surface area (Å²) in [6.07, 6.45) is 2.33. The van der Waals surface area contributed by atoms with Crippen molar-refractivity contribution < 1.29 is 4.58 Å². The smallest absolute Gasteiger partial charge is 0.235 e. The molecule has 1 unspecified atom stereocenters. The van der Waals surface area contributed by atoms with Crippen molar-refractivity contribution in [1.29, 1.82) is 0 Å². The van der Waals surface area contributed by atoms with E-state index >= 15 is 0 Å². The monoisotopic (exact) mass is 365 g/mol. The molecule has 1 atom stereocenters. The molecule has 1 aliphatic heterocycles. The first-order valence-corrected chi connectivity index (χ1v) is 10.1. The van der Waals surface area contributed by atoms with Gasteiger partial charge >= 0.3 is 0 Å². The summed E-state index contributed by atoms with van der Waals surface area (Å²) in [6.45, 7) is 5.41. The number of fused-ring (bicyclic) bond motifs is 2. The average molecular weight is 366 g/mol. The van der Waals surface area contributed by atoms with E-state index in [1.807, 2.05) is 0 Å². The standard InChI is InChI=1S/C26H25N2/c1-20(24-15-7-11-22-9-3-5-14-26(22)24)28-17-16-27(19-28)18-23-12-6-10-21-8-2-4-13-25(21)23/h2-15,19-20H,16-18H2,1H3/q+1. The number of rotatable bonds is 4. The van der Waals surface area contributed by atoms with Gasteiger partial charge in [-0.3, -0.25) is 9.48 Å². The first-order chi connectivity index (χ1) is 13.8. The highest BCUT2D eigenvalue weighted by atomic mass is 15.3. The van der Waals surface area contributed by atoms with Crippen molar-refractivity contribution in [3.63, 3.8) is 0 Å². The Morgan fingerprint density at radius 1 is 0.786 bits per heavy atom. The lowest BCUT2D eigenvalue weighted by atomic mass is 9.99. The van der Waals surface area contributed by atoms with Crippen LogP contribution in [0.25, 0.3) is 21.5 Å². The van der Waals surface area contributed by atoms with Crippen LogP contribution in [0.2, 0.25) is 0 Å². The van der Waals surface area contributed by atoms with E-state index < -0.39 is 0 Å². The van der Waals surface area contributed by atoms with E-state index in [0.717, 1.165) is 19.6 Å². The molecule has 0 bridgehead atoms. The maximum atomic E-state index is 2.48. The van der Waals surface area contributed by atoms with Gasteiger partial charge in [0.25, 0.3) is 0 Å². The molecule has 0 radical (unpaired) electrons. The lowest BCUT2D eigenvalue weighted by Gasteiger charge is -2.18. The van der Waals surface area contributed by atoms with E-state index in [1.165, 1.54) is 32.7 Å². The lowest BCUT2D eigenvalue weighted by molar-refractivity contribution is -0.529. The Kier molecular flexibility index (Phi) is 4.32. The van der Waals surface area contributed by atoms with Gasteiger partial charge in [-0.05, 0) is 28.5 Å². The third-order valence-electron chi connectivity index (χ3n) is 5.98. The summed E-state index contributed by atoms with van der Waals surface area (Å²) in [5.41, 5.74) is 2.80. The fraction of sp³-hybridized carbons (Fsp3) is 0.192. The SMILES string of the molecule is CC(c1cccc2ccccc12)N1C=[N+](Cc2cccc3ccccc23)CC1. The predicted octanol–water partition coefficient (Wildman–Crippen LogP) is 5.61. The molecule has 0 amide bonds. The van der Waals surface area contributed by atoms with Crippen LogP contribution in [0.4, 0.5) is 0 Å². The van der Waals surface area contributed by atoms with Gasteiger partial charge in [0.15, 0.2) is 0 Å². The number of hydrogen-bond donors (Lipinski definition) is 0. The highest BCUT2D eigenvalue weighted by molar-refractivity contribution is 5.86. The van der Waals surface area contributed by atoms with Crippen molar-refractivity contribution in [2.45, 2.75) is 19.5 Å². The van der Waals surface area contributed by atoms with Crippen LogP contribution < -0.4 is 0 Å². The van der Waals surface area contributed by atoms with Crippen molar-refractivity contribution in [2.75, 3.05) is 13.1 Å². The molecule has 1 heterocycles. The summed E-state index contributed by atoms with van der Waals surface area (Å²) in [6, 6.07) is 31.0. The van der Waals surface area contributed by atoms with E-state index in [9.17, 15) is 0 Å². The Labute approximate surface area is 166 Å². The summed E-state index contributed by atoms with van der Waals surface area (Å²) >= 11 is 0. The Balaban J connectivity index is 1.42. The minimum atomic E-state index is 0.364. The van der Waals surface area contributed by atoms with Crippen molar-refractivity contribution in [1.82, 2.24) is 4.90 Å². The van der Waals surface area contributed by atoms with Crippen LogP contribution in [0, 0.1) is 0 Å². The van der Waals surface area contributed by atoms with Crippen LogP contribution >= 0.6 is 0 Å². The fourth-order valence-corrected chi connectivity index (χ4v) is 4.43. The Morgan fingerprint density at radius 3 is 2.25 bits per heavy atom. The molecule has 0 aliphatic carbocycles. The van der Waals surface area contributed by atoms with Gasteiger partial charge in [0.1, 0.15) is 25.7 Å². The maximum absolute atomic E-state index is 2.48. The van der Waals surface area contributed by atoms with Crippen LogP contribution in [0.5, 0.6) is 0 Å². The topological polar surface area (TPSA) is 6.25 Å². The molecule has 5 rings (SSSR count). The molecular formula is C26H25N2+. The predicted molar refractivity (Wildman–Crippen MR) is 118 cm³/mol. The van der Waals surface area contributed by atoms with Crippen molar-refractivity contribution in [3.8, 4) is 0 Å². The second-order valence-electron chi connectivity index (χ2n) is 7.71. The molecule has 0 saturated carbocycles. The summed E-state index contributed by atoms with van der Waals surface area (Å²) in [7, 11) is 0. The summed E-state index contributed by atoms with van der Waals surface area (Å²) in [5.74, 6) is 0. The van der Waals surface area contributed by atoms with E-state index in [2.05, 4.69) is 108 Å². The lowest BCUT2D eigenvalue weighted by Crippen LogP contribution is -2.23. The fourth-order valence-electron chi connectivity index (χ4n) is 4.43. The average Bonchev–Trinajstić information content (AvgIpc) is 3.22. The summed E-state index contributed by atoms with van der Waals surface area (Å²) in [5, 5.41) is 5.36. The van der Waals surface area contributed by atoms with Crippen LogP contribution in [-0.4, -0.2) is 28.9 Å². The second kappa shape index (κ2) is 7.12. The van der Waals surface area contributed by atoms with E-state index in [-0.39, 0.29) is 0 Å². The molecule has 0 saturated heterocycles. The molecule has 4 aromatic carbocycles. The molecule has 1 aliphatic rings. The van der Waals surface area contributed by atoms with Crippen molar-refractivity contribution >= 4 is 27.9 Å². The van der Waals surface area contributed by atoms with Crippen molar-refractivity contribution in [2.24, 2.45) is 0 Å². The van der Waals surface area contributed by atoms with Gasteiger partial charge in [0.05, 0.1) is 0 Å². The number of nitrogens with zero attached hydrogens (tertiary/aromatic N) is 2. The third-order valence-corrected chi connectivity index (χ3v) is 5.98. The van der Waals surface area contributed by atoms with E-state index in [0.29, 0.717) is 6.04 Å². The first-order valence-electron chi connectivity index (χ1n) is 10.1. The van der Waals surface area contributed by atoms with Gasteiger partial charge in [0, 0.05) is 11.1 Å². The highest BCUT2D eigenvalue weighted by Gasteiger charge is 2.27. The molecule has 0 N–H and O–H groups in total. The van der Waals surface area contributed by atoms with Gasteiger partial charge in [-0.1, -0.05) is 84.9 Å². The highest BCUT2D eigenvalue weighted by Crippen LogP contribution is 2.28. The molecule has 2 nitrogen and oxygen atoms in total. The van der Waals surface area contributed by atoms with E-state index in [1.54, 1.807) is 0 Å². The Morgan fingerprint density at radius 2 is 1.43 bits per heavy atom. The zero-order chi connectivity index (χ0) is 18.9. The summed E-state index contributed by atoms with van der Waals surface area (Å²) in [4.78, 5) is 2.48. The van der Waals surface area contributed by atoms with Crippen molar-refractivity contribution in [3.05, 3.63) is 96.1 Å².